The quantitative estimate of drug-likeness (QED) is 0.898. The molecule has 2 saturated heterocycles. The number of benzene rings is 1. The summed E-state index contributed by atoms with van der Waals surface area (Å²) in [5.41, 5.74) is 1.21. The Morgan fingerprint density at radius 2 is 2.00 bits per heavy atom. The molecule has 1 aromatic rings. The maximum Gasteiger partial charge on any atom is 0.161 e. The van der Waals surface area contributed by atoms with Crippen molar-refractivity contribution in [1.29, 1.82) is 0 Å². The summed E-state index contributed by atoms with van der Waals surface area (Å²) >= 11 is 0. The highest BCUT2D eigenvalue weighted by Crippen LogP contribution is 2.36. The van der Waals surface area contributed by atoms with Gasteiger partial charge in [0, 0.05) is 12.1 Å². The molecule has 2 heterocycles. The molecule has 4 unspecified atom stereocenters. The molecule has 4 nitrogen and oxygen atoms in total. The van der Waals surface area contributed by atoms with Gasteiger partial charge in [0.25, 0.3) is 0 Å². The normalized spacial score (nSPS) is 29.4. The van der Waals surface area contributed by atoms with E-state index in [-0.39, 0.29) is 6.04 Å². The molecule has 3 rings (SSSR count). The fraction of sp³-hybridized carbons (Fsp3) is 0.625. The van der Waals surface area contributed by atoms with E-state index < -0.39 is 0 Å². The fourth-order valence-electron chi connectivity index (χ4n) is 3.35. The largest absolute Gasteiger partial charge is 0.493 e. The van der Waals surface area contributed by atoms with Crippen LogP contribution in [0.1, 0.15) is 37.8 Å². The Hall–Kier alpha value is -1.26. The highest BCUT2D eigenvalue weighted by atomic mass is 16.5. The number of fused-ring (bicyclic) bond motifs is 2. The average molecular weight is 277 g/mol. The summed E-state index contributed by atoms with van der Waals surface area (Å²) in [6.45, 7) is 2.19. The molecule has 1 aromatic carbocycles. The molecule has 1 N–H and O–H groups in total. The average Bonchev–Trinajstić information content (AvgIpc) is 3.09. The Kier molecular flexibility index (Phi) is 3.85. The number of ether oxygens (including phenoxy) is 3. The van der Waals surface area contributed by atoms with Gasteiger partial charge >= 0.3 is 0 Å². The molecule has 0 aromatic heterocycles. The molecule has 0 radical (unpaired) electrons. The van der Waals surface area contributed by atoms with Crippen molar-refractivity contribution in [2.45, 2.75) is 50.5 Å². The number of methoxy groups -OCH3 is 2. The summed E-state index contributed by atoms with van der Waals surface area (Å²) in [6, 6.07) is 6.86. The molecule has 0 saturated carbocycles. The van der Waals surface area contributed by atoms with Crippen molar-refractivity contribution in [3.8, 4) is 11.5 Å². The van der Waals surface area contributed by atoms with Gasteiger partial charge in [0.05, 0.1) is 26.4 Å². The van der Waals surface area contributed by atoms with Crippen molar-refractivity contribution in [3.63, 3.8) is 0 Å². The van der Waals surface area contributed by atoms with Crippen LogP contribution in [-0.4, -0.2) is 32.5 Å². The monoisotopic (exact) mass is 277 g/mol. The highest BCUT2D eigenvalue weighted by molar-refractivity contribution is 5.43. The predicted octanol–water partition coefficient (Wildman–Crippen LogP) is 2.67. The summed E-state index contributed by atoms with van der Waals surface area (Å²) in [6.07, 6.45) is 4.45. The molecule has 2 bridgehead atoms. The molecule has 0 spiro atoms. The Labute approximate surface area is 120 Å². The molecule has 4 atom stereocenters. The van der Waals surface area contributed by atoms with E-state index in [1.165, 1.54) is 18.4 Å². The van der Waals surface area contributed by atoms with Crippen molar-refractivity contribution >= 4 is 0 Å². The van der Waals surface area contributed by atoms with E-state index in [9.17, 15) is 0 Å². The number of rotatable bonds is 5. The Morgan fingerprint density at radius 3 is 2.60 bits per heavy atom. The van der Waals surface area contributed by atoms with Crippen molar-refractivity contribution in [3.05, 3.63) is 23.8 Å². The van der Waals surface area contributed by atoms with Crippen molar-refractivity contribution in [1.82, 2.24) is 5.32 Å². The minimum atomic E-state index is 0.280. The minimum absolute atomic E-state index is 0.280. The first kappa shape index (κ1) is 13.7. The summed E-state index contributed by atoms with van der Waals surface area (Å²) in [7, 11) is 3.33. The van der Waals surface area contributed by atoms with E-state index in [4.69, 9.17) is 14.2 Å². The second kappa shape index (κ2) is 5.62. The third-order valence-corrected chi connectivity index (χ3v) is 4.48. The van der Waals surface area contributed by atoms with Gasteiger partial charge in [0.15, 0.2) is 11.5 Å². The number of hydrogen-bond acceptors (Lipinski definition) is 4. The molecule has 0 amide bonds. The third-order valence-electron chi connectivity index (χ3n) is 4.48. The summed E-state index contributed by atoms with van der Waals surface area (Å²) in [5, 5.41) is 3.69. The lowest BCUT2D eigenvalue weighted by Gasteiger charge is -2.25. The van der Waals surface area contributed by atoms with Gasteiger partial charge < -0.3 is 19.5 Å². The zero-order valence-electron chi connectivity index (χ0n) is 12.4. The standard InChI is InChI=1S/C16H23NO3/c1-10(17-13-9-12-5-7-14(13)20-12)11-4-6-15(18-2)16(8-11)19-3/h4,6,8,10,12-14,17H,5,7,9H2,1-3H3. The smallest absolute Gasteiger partial charge is 0.161 e. The van der Waals surface area contributed by atoms with Gasteiger partial charge in [-0.15, -0.1) is 0 Å². The highest BCUT2D eigenvalue weighted by Gasteiger charge is 2.41. The minimum Gasteiger partial charge on any atom is -0.493 e. The van der Waals surface area contributed by atoms with Crippen LogP contribution in [0, 0.1) is 0 Å². The number of nitrogens with one attached hydrogen (secondary N) is 1. The van der Waals surface area contributed by atoms with Gasteiger partial charge in [-0.3, -0.25) is 0 Å². The van der Waals surface area contributed by atoms with E-state index in [2.05, 4.69) is 18.3 Å². The lowest BCUT2D eigenvalue weighted by atomic mass is 9.94. The van der Waals surface area contributed by atoms with Crippen LogP contribution in [0.2, 0.25) is 0 Å². The molecule has 4 heteroatoms. The summed E-state index contributed by atoms with van der Waals surface area (Å²) in [5.74, 6) is 1.55. The van der Waals surface area contributed by atoms with E-state index >= 15 is 0 Å². The van der Waals surface area contributed by atoms with Crippen molar-refractivity contribution in [2.24, 2.45) is 0 Å². The summed E-state index contributed by atoms with van der Waals surface area (Å²) in [4.78, 5) is 0. The Balaban J connectivity index is 1.69. The first-order valence-electron chi connectivity index (χ1n) is 7.34. The lowest BCUT2D eigenvalue weighted by Crippen LogP contribution is -2.38. The molecule has 2 aliphatic heterocycles. The van der Waals surface area contributed by atoms with E-state index in [0.717, 1.165) is 17.9 Å². The van der Waals surface area contributed by atoms with Gasteiger partial charge in [-0.1, -0.05) is 6.07 Å². The van der Waals surface area contributed by atoms with Crippen LogP contribution in [0.4, 0.5) is 0 Å². The first-order chi connectivity index (χ1) is 9.71. The molecule has 2 fully saturated rings. The predicted molar refractivity (Wildman–Crippen MR) is 77.4 cm³/mol. The van der Waals surface area contributed by atoms with Crippen LogP contribution in [-0.2, 0) is 4.74 Å². The maximum atomic E-state index is 5.90. The van der Waals surface area contributed by atoms with Crippen LogP contribution in [0.25, 0.3) is 0 Å². The SMILES string of the molecule is COc1ccc(C(C)NC2CC3CCC2O3)cc1OC. The van der Waals surface area contributed by atoms with Crippen LogP contribution >= 0.6 is 0 Å². The fourth-order valence-corrected chi connectivity index (χ4v) is 3.35. The Bertz CT molecular complexity index is 477. The lowest BCUT2D eigenvalue weighted by molar-refractivity contribution is 0.0962. The van der Waals surface area contributed by atoms with Crippen LogP contribution in [0.3, 0.4) is 0 Å². The third kappa shape index (κ3) is 2.50. The molecular formula is C16H23NO3. The molecule has 0 aliphatic carbocycles. The van der Waals surface area contributed by atoms with Crippen molar-refractivity contribution in [2.75, 3.05) is 14.2 Å². The van der Waals surface area contributed by atoms with Crippen molar-refractivity contribution < 1.29 is 14.2 Å². The summed E-state index contributed by atoms with van der Waals surface area (Å²) < 4.78 is 16.5. The molecule has 2 aliphatic rings. The zero-order valence-corrected chi connectivity index (χ0v) is 12.4. The van der Waals surface area contributed by atoms with Gasteiger partial charge in [-0.25, -0.2) is 0 Å². The first-order valence-corrected chi connectivity index (χ1v) is 7.34. The van der Waals surface area contributed by atoms with Gasteiger partial charge in [0.2, 0.25) is 0 Å². The van der Waals surface area contributed by atoms with Crippen LogP contribution in [0.15, 0.2) is 18.2 Å². The Morgan fingerprint density at radius 1 is 1.20 bits per heavy atom. The van der Waals surface area contributed by atoms with Gasteiger partial charge in [-0.05, 0) is 43.9 Å². The topological polar surface area (TPSA) is 39.7 Å². The van der Waals surface area contributed by atoms with Gasteiger partial charge in [0.1, 0.15) is 0 Å². The molecular weight excluding hydrogens is 254 g/mol. The van der Waals surface area contributed by atoms with E-state index in [1.807, 2.05) is 12.1 Å². The zero-order chi connectivity index (χ0) is 14.1. The molecule has 110 valence electrons. The van der Waals surface area contributed by atoms with Gasteiger partial charge in [-0.2, -0.15) is 0 Å². The number of hydrogen-bond donors (Lipinski definition) is 1. The van der Waals surface area contributed by atoms with Crippen LogP contribution < -0.4 is 14.8 Å². The van der Waals surface area contributed by atoms with E-state index in [0.29, 0.717) is 18.2 Å². The van der Waals surface area contributed by atoms with Crippen LogP contribution in [0.5, 0.6) is 11.5 Å². The second-order valence-electron chi connectivity index (χ2n) is 5.72. The van der Waals surface area contributed by atoms with E-state index in [1.54, 1.807) is 14.2 Å². The molecule has 20 heavy (non-hydrogen) atoms. The second-order valence-corrected chi connectivity index (χ2v) is 5.72. The maximum absolute atomic E-state index is 5.90.